The highest BCUT2D eigenvalue weighted by Gasteiger charge is 2.20. The lowest BCUT2D eigenvalue weighted by Crippen LogP contribution is -2.30. The molecule has 1 rings (SSSR count). The maximum Gasteiger partial charge on any atom is 0.114 e. The summed E-state index contributed by atoms with van der Waals surface area (Å²) in [4.78, 5) is 8.18. The molecule has 1 aromatic rings. The second kappa shape index (κ2) is 5.84. The van der Waals surface area contributed by atoms with Crippen LogP contribution >= 0.6 is 11.8 Å². The third-order valence-corrected chi connectivity index (χ3v) is 3.46. The Kier molecular flexibility index (Phi) is 4.73. The first-order valence-electron chi connectivity index (χ1n) is 5.26. The summed E-state index contributed by atoms with van der Waals surface area (Å²) < 4.78 is 0. The Morgan fingerprint density at radius 2 is 2.25 bits per heavy atom. The van der Waals surface area contributed by atoms with Crippen molar-refractivity contribution >= 4 is 17.6 Å². The molecule has 16 heavy (non-hydrogen) atoms. The first kappa shape index (κ1) is 13.0. The molecule has 0 amide bonds. The van der Waals surface area contributed by atoms with Crippen LogP contribution in [0.3, 0.4) is 0 Å². The second-order valence-electron chi connectivity index (χ2n) is 4.29. The van der Waals surface area contributed by atoms with Crippen LogP contribution < -0.4 is 5.73 Å². The summed E-state index contributed by atoms with van der Waals surface area (Å²) >= 11 is 1.69. The van der Waals surface area contributed by atoms with E-state index in [1.807, 2.05) is 13.8 Å². The van der Waals surface area contributed by atoms with Gasteiger partial charge in [-0.05, 0) is 18.6 Å². The third kappa shape index (κ3) is 4.18. The van der Waals surface area contributed by atoms with Crippen LogP contribution in [-0.4, -0.2) is 21.6 Å². The van der Waals surface area contributed by atoms with E-state index < -0.39 is 0 Å². The highest BCUT2D eigenvalue weighted by Crippen LogP contribution is 2.24. The van der Waals surface area contributed by atoms with Crippen molar-refractivity contribution < 1.29 is 0 Å². The van der Waals surface area contributed by atoms with Gasteiger partial charge in [0.25, 0.3) is 0 Å². The summed E-state index contributed by atoms with van der Waals surface area (Å²) in [6.07, 6.45) is 7.08. The zero-order valence-corrected chi connectivity index (χ0v) is 10.5. The number of nitrogens with zero attached hydrogens (tertiary/aromatic N) is 2. The molecule has 88 valence electrons. The van der Waals surface area contributed by atoms with Crippen LogP contribution in [0, 0.1) is 10.8 Å². The van der Waals surface area contributed by atoms with Crippen molar-refractivity contribution in [1.82, 2.24) is 9.97 Å². The molecule has 1 heterocycles. The van der Waals surface area contributed by atoms with Crippen molar-refractivity contribution in [2.75, 3.05) is 5.75 Å². The zero-order valence-electron chi connectivity index (χ0n) is 9.73. The molecule has 0 aliphatic carbocycles. The molecule has 1 aromatic heterocycles. The van der Waals surface area contributed by atoms with Crippen LogP contribution in [0.15, 0.2) is 23.6 Å². The topological polar surface area (TPSA) is 75.7 Å². The Balaban J connectivity index is 2.25. The Morgan fingerprint density at radius 1 is 1.50 bits per heavy atom. The maximum atomic E-state index is 7.45. The predicted molar refractivity (Wildman–Crippen MR) is 67.7 cm³/mol. The monoisotopic (exact) mass is 238 g/mol. The minimum Gasteiger partial charge on any atom is -0.387 e. The van der Waals surface area contributed by atoms with Crippen LogP contribution in [0.25, 0.3) is 0 Å². The molecule has 3 N–H and O–H groups in total. The molecule has 0 bridgehead atoms. The molecular formula is C11H18N4S. The fourth-order valence-electron chi connectivity index (χ4n) is 1.19. The highest BCUT2D eigenvalue weighted by molar-refractivity contribution is 7.99. The standard InChI is InChI=1S/C11H18N4S/c1-11(2,10(12)13)4-3-7-16-9-8-14-5-6-15-9/h5-6,8H,3-4,7H2,1-2H3,(H3,12,13). The van der Waals surface area contributed by atoms with Gasteiger partial charge in [0.15, 0.2) is 0 Å². The molecule has 0 unspecified atom stereocenters. The maximum absolute atomic E-state index is 7.45. The molecule has 5 heteroatoms. The summed E-state index contributed by atoms with van der Waals surface area (Å²) in [6, 6.07) is 0. The number of hydrogen-bond donors (Lipinski definition) is 2. The van der Waals surface area contributed by atoms with Crippen LogP contribution in [0.1, 0.15) is 26.7 Å². The van der Waals surface area contributed by atoms with Crippen LogP contribution in [-0.2, 0) is 0 Å². The van der Waals surface area contributed by atoms with Gasteiger partial charge >= 0.3 is 0 Å². The van der Waals surface area contributed by atoms with E-state index >= 15 is 0 Å². The first-order chi connectivity index (χ1) is 7.52. The van der Waals surface area contributed by atoms with E-state index in [0.29, 0.717) is 0 Å². The molecular weight excluding hydrogens is 220 g/mol. The van der Waals surface area contributed by atoms with E-state index in [1.165, 1.54) is 0 Å². The van der Waals surface area contributed by atoms with Gasteiger partial charge in [0.1, 0.15) is 5.03 Å². The molecule has 0 saturated carbocycles. The van der Waals surface area contributed by atoms with E-state index in [1.54, 1.807) is 30.4 Å². The van der Waals surface area contributed by atoms with Gasteiger partial charge in [-0.1, -0.05) is 13.8 Å². The summed E-state index contributed by atoms with van der Waals surface area (Å²) in [7, 11) is 0. The van der Waals surface area contributed by atoms with E-state index in [-0.39, 0.29) is 11.3 Å². The average Bonchev–Trinajstić information content (AvgIpc) is 2.26. The lowest BCUT2D eigenvalue weighted by atomic mass is 9.87. The fourth-order valence-corrected chi connectivity index (χ4v) is 1.95. The molecule has 0 aliphatic heterocycles. The van der Waals surface area contributed by atoms with Crippen molar-refractivity contribution in [3.63, 3.8) is 0 Å². The lowest BCUT2D eigenvalue weighted by Gasteiger charge is -2.22. The summed E-state index contributed by atoms with van der Waals surface area (Å²) in [6.45, 7) is 4.00. The molecule has 0 aromatic carbocycles. The fraction of sp³-hybridized carbons (Fsp3) is 0.545. The van der Waals surface area contributed by atoms with Gasteiger partial charge in [-0.2, -0.15) is 0 Å². The molecule has 0 aliphatic rings. The SMILES string of the molecule is CC(C)(CCCSc1cnccn1)C(=N)N. The zero-order chi connectivity index (χ0) is 12.0. The largest absolute Gasteiger partial charge is 0.387 e. The Labute approximate surface area is 101 Å². The number of hydrogen-bond acceptors (Lipinski definition) is 4. The summed E-state index contributed by atoms with van der Waals surface area (Å²) in [5, 5.41) is 8.39. The average molecular weight is 238 g/mol. The van der Waals surface area contributed by atoms with Crippen molar-refractivity contribution in [3.05, 3.63) is 18.6 Å². The number of aromatic nitrogens is 2. The predicted octanol–water partition coefficient (Wildman–Crippen LogP) is 2.31. The smallest absolute Gasteiger partial charge is 0.114 e. The van der Waals surface area contributed by atoms with Gasteiger partial charge in [-0.3, -0.25) is 10.4 Å². The molecule has 0 fully saturated rings. The number of nitrogens with one attached hydrogen (secondary N) is 1. The first-order valence-corrected chi connectivity index (χ1v) is 6.24. The Morgan fingerprint density at radius 3 is 2.81 bits per heavy atom. The van der Waals surface area contributed by atoms with Crippen molar-refractivity contribution in [1.29, 1.82) is 5.41 Å². The van der Waals surface area contributed by atoms with E-state index in [2.05, 4.69) is 9.97 Å². The number of amidine groups is 1. The molecule has 0 atom stereocenters. The van der Waals surface area contributed by atoms with Gasteiger partial charge in [-0.25, -0.2) is 4.98 Å². The van der Waals surface area contributed by atoms with Crippen LogP contribution in [0.4, 0.5) is 0 Å². The summed E-state index contributed by atoms with van der Waals surface area (Å²) in [5.74, 6) is 1.24. The summed E-state index contributed by atoms with van der Waals surface area (Å²) in [5.41, 5.74) is 5.33. The van der Waals surface area contributed by atoms with Crippen LogP contribution in [0.5, 0.6) is 0 Å². The quantitative estimate of drug-likeness (QED) is 0.345. The normalized spacial score (nSPS) is 11.4. The van der Waals surface area contributed by atoms with Crippen LogP contribution in [0.2, 0.25) is 0 Å². The van der Waals surface area contributed by atoms with Gasteiger partial charge < -0.3 is 5.73 Å². The molecule has 0 radical (unpaired) electrons. The van der Waals surface area contributed by atoms with Gasteiger partial charge in [0.05, 0.1) is 12.0 Å². The van der Waals surface area contributed by atoms with Gasteiger partial charge in [-0.15, -0.1) is 11.8 Å². The highest BCUT2D eigenvalue weighted by atomic mass is 32.2. The van der Waals surface area contributed by atoms with E-state index in [0.717, 1.165) is 23.6 Å². The van der Waals surface area contributed by atoms with Crippen molar-refractivity contribution in [2.45, 2.75) is 31.7 Å². The Hall–Kier alpha value is -1.10. The van der Waals surface area contributed by atoms with Crippen molar-refractivity contribution in [3.8, 4) is 0 Å². The van der Waals surface area contributed by atoms with Gasteiger partial charge in [0.2, 0.25) is 0 Å². The number of thioether (sulfide) groups is 1. The molecule has 4 nitrogen and oxygen atoms in total. The minimum absolute atomic E-state index is 0.192. The van der Waals surface area contributed by atoms with Gasteiger partial charge in [0, 0.05) is 17.8 Å². The second-order valence-corrected chi connectivity index (χ2v) is 5.41. The number of rotatable bonds is 6. The number of nitrogens with two attached hydrogens (primary N) is 1. The minimum atomic E-state index is -0.192. The lowest BCUT2D eigenvalue weighted by molar-refractivity contribution is 0.464. The third-order valence-electron chi connectivity index (χ3n) is 2.46. The molecule has 0 saturated heterocycles. The Bertz CT molecular complexity index is 337. The van der Waals surface area contributed by atoms with E-state index in [9.17, 15) is 0 Å². The van der Waals surface area contributed by atoms with Crippen molar-refractivity contribution in [2.24, 2.45) is 11.1 Å². The van der Waals surface area contributed by atoms with E-state index in [4.69, 9.17) is 11.1 Å². The molecule has 0 spiro atoms.